The number of hydrogen-bond donors (Lipinski definition) is 1. The number of sulfonamides is 1. The van der Waals surface area contributed by atoms with E-state index in [-0.39, 0.29) is 17.5 Å². The molecule has 7 heteroatoms. The van der Waals surface area contributed by atoms with Crippen LogP contribution in [0.4, 0.5) is 5.69 Å². The molecule has 0 fully saturated rings. The van der Waals surface area contributed by atoms with Crippen LogP contribution in [-0.4, -0.2) is 20.9 Å². The van der Waals surface area contributed by atoms with Crippen molar-refractivity contribution in [2.24, 2.45) is 0 Å². The van der Waals surface area contributed by atoms with Crippen LogP contribution in [0.15, 0.2) is 71.6 Å². The number of hydrogen-bond acceptors (Lipinski definition) is 3. The third kappa shape index (κ3) is 5.50. The van der Waals surface area contributed by atoms with Crippen molar-refractivity contribution in [3.8, 4) is 0 Å². The molecule has 0 aliphatic heterocycles. The minimum Gasteiger partial charge on any atom is -0.348 e. The van der Waals surface area contributed by atoms with Crippen molar-refractivity contribution in [2.75, 3.05) is 10.8 Å². The van der Waals surface area contributed by atoms with Crippen LogP contribution in [0.1, 0.15) is 35.2 Å². The molecule has 3 aromatic carbocycles. The summed E-state index contributed by atoms with van der Waals surface area (Å²) in [6.45, 7) is 7.21. The van der Waals surface area contributed by atoms with E-state index < -0.39 is 15.9 Å². The van der Waals surface area contributed by atoms with Gasteiger partial charge in [0, 0.05) is 5.02 Å². The first-order valence-corrected chi connectivity index (χ1v) is 12.1. The summed E-state index contributed by atoms with van der Waals surface area (Å²) in [5.41, 5.74) is 4.16. The SMILES string of the molecule is Cc1ccc(C(C)NC(=O)CN(c2ccc(C)c(Cl)c2)S(=O)(=O)c2ccc(C)cc2)cc1. The molecule has 5 nitrogen and oxygen atoms in total. The van der Waals surface area contributed by atoms with Gasteiger partial charge >= 0.3 is 0 Å². The predicted molar refractivity (Wildman–Crippen MR) is 130 cm³/mol. The summed E-state index contributed by atoms with van der Waals surface area (Å²) >= 11 is 6.27. The molecular weight excluding hydrogens is 444 g/mol. The summed E-state index contributed by atoms with van der Waals surface area (Å²) in [5.74, 6) is -0.412. The van der Waals surface area contributed by atoms with Crippen molar-refractivity contribution in [3.63, 3.8) is 0 Å². The molecule has 1 amide bonds. The normalized spacial score (nSPS) is 12.3. The Morgan fingerprint density at radius 2 is 1.50 bits per heavy atom. The smallest absolute Gasteiger partial charge is 0.264 e. The highest BCUT2D eigenvalue weighted by Gasteiger charge is 2.28. The number of rotatable bonds is 7. The average molecular weight is 471 g/mol. The zero-order chi connectivity index (χ0) is 23.5. The highest BCUT2D eigenvalue weighted by molar-refractivity contribution is 7.92. The lowest BCUT2D eigenvalue weighted by Crippen LogP contribution is -2.41. The highest BCUT2D eigenvalue weighted by Crippen LogP contribution is 2.28. The first-order chi connectivity index (χ1) is 15.1. The first-order valence-electron chi connectivity index (χ1n) is 10.3. The van der Waals surface area contributed by atoms with Crippen LogP contribution >= 0.6 is 11.6 Å². The van der Waals surface area contributed by atoms with E-state index in [2.05, 4.69) is 5.32 Å². The monoisotopic (exact) mass is 470 g/mol. The second kappa shape index (κ2) is 9.76. The van der Waals surface area contributed by atoms with Gasteiger partial charge in [-0.3, -0.25) is 9.10 Å². The van der Waals surface area contributed by atoms with Gasteiger partial charge < -0.3 is 5.32 Å². The van der Waals surface area contributed by atoms with E-state index in [1.807, 2.05) is 52.0 Å². The maximum atomic E-state index is 13.5. The standard InChI is InChI=1S/C25H27ClN2O3S/c1-17-5-10-21(11-6-17)20(4)27-25(29)16-28(22-12-9-19(3)24(26)15-22)32(30,31)23-13-7-18(2)8-14-23/h5-15,20H,16H2,1-4H3,(H,27,29). The lowest BCUT2D eigenvalue weighted by atomic mass is 10.1. The minimum atomic E-state index is -3.99. The van der Waals surface area contributed by atoms with Gasteiger partial charge in [-0.2, -0.15) is 0 Å². The fraction of sp³-hybridized carbons (Fsp3) is 0.240. The minimum absolute atomic E-state index is 0.110. The van der Waals surface area contributed by atoms with Crippen molar-refractivity contribution < 1.29 is 13.2 Å². The molecule has 0 radical (unpaired) electrons. The fourth-order valence-electron chi connectivity index (χ4n) is 3.25. The Balaban J connectivity index is 1.91. The molecule has 0 saturated carbocycles. The topological polar surface area (TPSA) is 66.5 Å². The molecule has 3 aromatic rings. The lowest BCUT2D eigenvalue weighted by Gasteiger charge is -2.25. The van der Waals surface area contributed by atoms with Gasteiger partial charge in [0.2, 0.25) is 5.91 Å². The van der Waals surface area contributed by atoms with E-state index >= 15 is 0 Å². The molecule has 0 heterocycles. The molecular formula is C25H27ClN2O3S. The lowest BCUT2D eigenvalue weighted by molar-refractivity contribution is -0.120. The number of aryl methyl sites for hydroxylation is 3. The Morgan fingerprint density at radius 1 is 0.938 bits per heavy atom. The van der Waals surface area contributed by atoms with Gasteiger partial charge in [-0.15, -0.1) is 0 Å². The van der Waals surface area contributed by atoms with Crippen molar-refractivity contribution in [1.82, 2.24) is 5.32 Å². The summed E-state index contributed by atoms with van der Waals surface area (Å²) in [7, 11) is -3.99. The Hall–Kier alpha value is -2.83. The molecule has 1 atom stereocenters. The van der Waals surface area contributed by atoms with Crippen LogP contribution in [0.3, 0.4) is 0 Å². The molecule has 1 N–H and O–H groups in total. The summed E-state index contributed by atoms with van der Waals surface area (Å²) in [4.78, 5) is 13.0. The summed E-state index contributed by atoms with van der Waals surface area (Å²) in [6.07, 6.45) is 0. The second-order valence-electron chi connectivity index (χ2n) is 7.96. The molecule has 168 valence electrons. The highest BCUT2D eigenvalue weighted by atomic mass is 35.5. The molecule has 3 rings (SSSR count). The molecule has 1 unspecified atom stereocenters. The van der Waals surface area contributed by atoms with E-state index in [1.165, 1.54) is 0 Å². The maximum Gasteiger partial charge on any atom is 0.264 e. The average Bonchev–Trinajstić information content (AvgIpc) is 2.74. The van der Waals surface area contributed by atoms with E-state index in [9.17, 15) is 13.2 Å². The number of anilines is 1. The molecule has 0 aromatic heterocycles. The van der Waals surface area contributed by atoms with Gasteiger partial charge in [-0.1, -0.05) is 65.2 Å². The fourth-order valence-corrected chi connectivity index (χ4v) is 4.83. The number of amides is 1. The van der Waals surface area contributed by atoms with E-state index in [0.29, 0.717) is 10.7 Å². The Morgan fingerprint density at radius 3 is 2.06 bits per heavy atom. The predicted octanol–water partition coefficient (Wildman–Crippen LogP) is 5.34. The van der Waals surface area contributed by atoms with Crippen LogP contribution in [0.2, 0.25) is 5.02 Å². The summed E-state index contributed by atoms with van der Waals surface area (Å²) in [6, 6.07) is 19.1. The van der Waals surface area contributed by atoms with Crippen LogP contribution in [0, 0.1) is 20.8 Å². The van der Waals surface area contributed by atoms with Gasteiger partial charge in [-0.05, 0) is 63.1 Å². The molecule has 0 bridgehead atoms. The van der Waals surface area contributed by atoms with Crippen LogP contribution < -0.4 is 9.62 Å². The number of carbonyl (C=O) groups is 1. The Kier molecular flexibility index (Phi) is 7.26. The number of benzene rings is 3. The third-order valence-corrected chi connectivity index (χ3v) is 7.49. The zero-order valence-corrected chi connectivity index (χ0v) is 20.2. The quantitative estimate of drug-likeness (QED) is 0.507. The molecule has 32 heavy (non-hydrogen) atoms. The van der Waals surface area contributed by atoms with Crippen molar-refractivity contribution in [3.05, 3.63) is 94.0 Å². The maximum absolute atomic E-state index is 13.5. The van der Waals surface area contributed by atoms with Gasteiger partial charge in [0.1, 0.15) is 6.54 Å². The van der Waals surface area contributed by atoms with Crippen LogP contribution in [0.25, 0.3) is 0 Å². The largest absolute Gasteiger partial charge is 0.348 e. The Labute approximate surface area is 195 Å². The van der Waals surface area contributed by atoms with Gasteiger partial charge in [0.15, 0.2) is 0 Å². The number of carbonyl (C=O) groups excluding carboxylic acids is 1. The zero-order valence-electron chi connectivity index (χ0n) is 18.6. The number of halogens is 1. The van der Waals surface area contributed by atoms with Crippen molar-refractivity contribution in [1.29, 1.82) is 0 Å². The second-order valence-corrected chi connectivity index (χ2v) is 10.2. The molecule has 0 saturated heterocycles. The molecule has 0 aliphatic carbocycles. The van der Waals surface area contributed by atoms with E-state index in [4.69, 9.17) is 11.6 Å². The number of nitrogens with one attached hydrogen (secondary N) is 1. The van der Waals surface area contributed by atoms with Crippen molar-refractivity contribution >= 4 is 33.2 Å². The van der Waals surface area contributed by atoms with E-state index in [1.54, 1.807) is 42.5 Å². The van der Waals surface area contributed by atoms with E-state index in [0.717, 1.165) is 26.6 Å². The van der Waals surface area contributed by atoms with Gasteiger partial charge in [0.05, 0.1) is 16.6 Å². The van der Waals surface area contributed by atoms with Crippen molar-refractivity contribution in [2.45, 2.75) is 38.6 Å². The molecule has 0 aliphatic rings. The molecule has 0 spiro atoms. The third-order valence-electron chi connectivity index (χ3n) is 5.29. The summed E-state index contributed by atoms with van der Waals surface area (Å²) in [5, 5.41) is 3.33. The van der Waals surface area contributed by atoms with Crippen LogP contribution in [0.5, 0.6) is 0 Å². The first kappa shape index (κ1) is 23.8. The summed E-state index contributed by atoms with van der Waals surface area (Å²) < 4.78 is 28.0. The number of nitrogens with zero attached hydrogens (tertiary/aromatic N) is 1. The van der Waals surface area contributed by atoms with Crippen LogP contribution in [-0.2, 0) is 14.8 Å². The Bertz CT molecular complexity index is 1210. The van der Waals surface area contributed by atoms with Gasteiger partial charge in [-0.25, -0.2) is 8.42 Å². The van der Waals surface area contributed by atoms with Gasteiger partial charge in [0.25, 0.3) is 10.0 Å².